The number of carbonyl (C=O) groups is 2. The molecule has 2 aliphatic rings. The number of rotatable bonds is 17. The van der Waals surface area contributed by atoms with Crippen molar-refractivity contribution in [3.05, 3.63) is 0 Å². The highest BCUT2D eigenvalue weighted by molar-refractivity contribution is 7.80. The van der Waals surface area contributed by atoms with Gasteiger partial charge in [0.25, 0.3) is 0 Å². The zero-order chi connectivity index (χ0) is 34.2. The smallest absolute Gasteiger partial charge is 0.217 e. The summed E-state index contributed by atoms with van der Waals surface area (Å²) in [6.45, 7) is 2.81. The summed E-state index contributed by atoms with van der Waals surface area (Å²) in [5.41, 5.74) is 0. The molecule has 10 atom stereocenters. The molecule has 0 bridgehead atoms. The Hall–Kier alpha value is -2.00. The maximum Gasteiger partial charge on any atom is 0.217 e. The van der Waals surface area contributed by atoms with Crippen LogP contribution in [-0.2, 0) is 19.1 Å². The summed E-state index contributed by atoms with van der Waals surface area (Å²) in [5.74, 6) is -0.818. The maximum absolute atomic E-state index is 11.6. The van der Waals surface area contributed by atoms with E-state index >= 15 is 0 Å². The van der Waals surface area contributed by atoms with Gasteiger partial charge >= 0.3 is 0 Å². The van der Waals surface area contributed by atoms with Crippen molar-refractivity contribution in [2.75, 3.05) is 26.3 Å². The van der Waals surface area contributed by atoms with E-state index in [0.717, 1.165) is 51.4 Å². The summed E-state index contributed by atoms with van der Waals surface area (Å²) in [7, 11) is 0. The Kier molecular flexibility index (Phi) is 18.4. The molecule has 2 heterocycles. The number of nitrogens with one attached hydrogen (secondary N) is 6. The van der Waals surface area contributed by atoms with Gasteiger partial charge in [-0.3, -0.25) is 9.59 Å². The van der Waals surface area contributed by atoms with Crippen LogP contribution in [0, 0.1) is 0 Å². The molecular weight excluding hydrogens is 644 g/mol. The first-order valence-electron chi connectivity index (χ1n) is 15.8. The number of amides is 2. The Bertz CT molecular complexity index is 898. The third-order valence-electron chi connectivity index (χ3n) is 7.81. The first-order chi connectivity index (χ1) is 21.9. The van der Waals surface area contributed by atoms with Crippen LogP contribution >= 0.6 is 24.4 Å². The van der Waals surface area contributed by atoms with E-state index in [1.807, 2.05) is 0 Å². The van der Waals surface area contributed by atoms with Crippen molar-refractivity contribution >= 4 is 46.5 Å². The second kappa shape index (κ2) is 21.1. The second-order valence-corrected chi connectivity index (χ2v) is 12.4. The van der Waals surface area contributed by atoms with Crippen molar-refractivity contribution in [1.29, 1.82) is 0 Å². The van der Waals surface area contributed by atoms with Gasteiger partial charge in [-0.15, -0.1) is 0 Å². The number of aliphatic hydroxyl groups excluding tert-OH is 6. The second-order valence-electron chi connectivity index (χ2n) is 11.6. The summed E-state index contributed by atoms with van der Waals surface area (Å²) in [6, 6.07) is -1.91. The molecule has 2 aliphatic heterocycles. The van der Waals surface area contributed by atoms with Gasteiger partial charge in [0.05, 0.1) is 13.2 Å². The fourth-order valence-electron chi connectivity index (χ4n) is 5.35. The molecule has 0 aromatic rings. The molecule has 0 saturated carbocycles. The molecule has 0 aromatic carbocycles. The normalized spacial score (nSPS) is 31.0. The van der Waals surface area contributed by atoms with Gasteiger partial charge < -0.3 is 72.0 Å². The standard InChI is InChI=1S/C28H52N6O10S2/c1-15(37)31-19-23(41)21(39)17(13-35)43-25(19)33-27(45)29-11-9-7-5-3-4-6-8-10-12-30-28(46)34-26-20(32-16(2)38)24(42)22(40)18(14-36)44-26/h17-26,35-36,39-42H,3-14H2,1-2H3,(H,31,37)(H,32,38)(H2,29,33,45)(H2,30,34,46)/t17-,18-,19-,20-,21-,22-,23-,24-,25-,26-/m1/s1. The van der Waals surface area contributed by atoms with E-state index in [1.54, 1.807) is 0 Å². The molecule has 2 saturated heterocycles. The number of hydrogen-bond donors (Lipinski definition) is 12. The number of unbranched alkanes of at least 4 members (excludes halogenated alkanes) is 7. The summed E-state index contributed by atoms with van der Waals surface area (Å²) in [4.78, 5) is 23.1. The zero-order valence-electron chi connectivity index (χ0n) is 26.4. The average Bonchev–Trinajstić information content (AvgIpc) is 3.00. The maximum atomic E-state index is 11.6. The van der Waals surface area contributed by atoms with Crippen molar-refractivity contribution in [3.63, 3.8) is 0 Å². The van der Waals surface area contributed by atoms with Crippen LogP contribution in [0.1, 0.15) is 65.2 Å². The number of aliphatic hydroxyl groups is 6. The molecule has 12 N–H and O–H groups in total. The Morgan fingerprint density at radius 2 is 0.891 bits per heavy atom. The number of thiocarbonyl (C=S) groups is 2. The summed E-state index contributed by atoms with van der Waals surface area (Å²) in [6.07, 6.45) is -1.20. The Labute approximate surface area is 280 Å². The van der Waals surface area contributed by atoms with E-state index in [4.69, 9.17) is 33.9 Å². The minimum absolute atomic E-state index is 0.272. The summed E-state index contributed by atoms with van der Waals surface area (Å²) < 4.78 is 11.2. The van der Waals surface area contributed by atoms with E-state index in [0.29, 0.717) is 13.1 Å². The van der Waals surface area contributed by atoms with E-state index < -0.39 is 86.2 Å². The van der Waals surface area contributed by atoms with Gasteiger partial charge in [0.15, 0.2) is 22.7 Å². The largest absolute Gasteiger partial charge is 0.394 e. The number of hydrogen-bond acceptors (Lipinski definition) is 12. The predicted octanol–water partition coefficient (Wildman–Crippen LogP) is -3.08. The van der Waals surface area contributed by atoms with Crippen LogP contribution < -0.4 is 31.9 Å². The van der Waals surface area contributed by atoms with Crippen LogP contribution in [0.4, 0.5) is 0 Å². The topological polar surface area (TPSA) is 246 Å². The van der Waals surface area contributed by atoms with Crippen molar-refractivity contribution in [3.8, 4) is 0 Å². The minimum Gasteiger partial charge on any atom is -0.394 e. The van der Waals surface area contributed by atoms with Crippen LogP contribution in [-0.4, -0.2) is 140 Å². The van der Waals surface area contributed by atoms with Crippen LogP contribution in [0.25, 0.3) is 0 Å². The molecule has 2 fully saturated rings. The molecule has 0 aliphatic carbocycles. The lowest BCUT2D eigenvalue weighted by Gasteiger charge is -2.43. The fraction of sp³-hybridized carbons (Fsp3) is 0.857. The lowest BCUT2D eigenvalue weighted by Crippen LogP contribution is -2.68. The predicted molar refractivity (Wildman–Crippen MR) is 175 cm³/mol. The van der Waals surface area contributed by atoms with Crippen LogP contribution in [0.5, 0.6) is 0 Å². The van der Waals surface area contributed by atoms with Crippen molar-refractivity contribution < 1.29 is 49.7 Å². The van der Waals surface area contributed by atoms with Gasteiger partial charge in [-0.25, -0.2) is 0 Å². The van der Waals surface area contributed by atoms with Gasteiger partial charge in [-0.1, -0.05) is 38.5 Å². The zero-order valence-corrected chi connectivity index (χ0v) is 28.0. The molecule has 0 aromatic heterocycles. The van der Waals surface area contributed by atoms with Gasteiger partial charge in [0.2, 0.25) is 11.8 Å². The molecule has 0 spiro atoms. The van der Waals surface area contributed by atoms with Gasteiger partial charge in [-0.2, -0.15) is 0 Å². The van der Waals surface area contributed by atoms with Crippen molar-refractivity contribution in [1.82, 2.24) is 31.9 Å². The minimum atomic E-state index is -1.36. The van der Waals surface area contributed by atoms with Crippen LogP contribution in [0.2, 0.25) is 0 Å². The summed E-state index contributed by atoms with van der Waals surface area (Å²) in [5, 5.41) is 77.5. The van der Waals surface area contributed by atoms with E-state index in [2.05, 4.69) is 31.9 Å². The molecule has 46 heavy (non-hydrogen) atoms. The fourth-order valence-corrected chi connectivity index (χ4v) is 5.78. The first-order valence-corrected chi connectivity index (χ1v) is 16.6. The highest BCUT2D eigenvalue weighted by Gasteiger charge is 2.46. The van der Waals surface area contributed by atoms with Gasteiger partial charge in [0.1, 0.15) is 48.7 Å². The molecule has 266 valence electrons. The van der Waals surface area contributed by atoms with E-state index in [1.165, 1.54) is 13.8 Å². The van der Waals surface area contributed by atoms with Gasteiger partial charge in [-0.05, 0) is 37.3 Å². The van der Waals surface area contributed by atoms with Gasteiger partial charge in [0, 0.05) is 26.9 Å². The lowest BCUT2D eigenvalue weighted by atomic mass is 9.96. The Balaban J connectivity index is 1.54. The molecular formula is C28H52N6O10S2. The SMILES string of the molecule is CC(=O)N[C@@H]1[C@@H](O)[C@H](O)[C@@H](CO)O[C@H]1NC(=S)NCCCCCCCCCCNC(=S)N[C@@H]1O[C@H](CO)[C@@H](O)[C@H](O)[C@H]1NC(C)=O. The van der Waals surface area contributed by atoms with E-state index in [9.17, 15) is 40.2 Å². The van der Waals surface area contributed by atoms with E-state index in [-0.39, 0.29) is 10.2 Å². The van der Waals surface area contributed by atoms with Crippen LogP contribution in [0.15, 0.2) is 0 Å². The number of ether oxygens (including phenoxy) is 2. The molecule has 16 nitrogen and oxygen atoms in total. The van der Waals surface area contributed by atoms with Crippen LogP contribution in [0.3, 0.4) is 0 Å². The van der Waals surface area contributed by atoms with Crippen molar-refractivity contribution in [2.24, 2.45) is 0 Å². The third kappa shape index (κ3) is 13.2. The summed E-state index contributed by atoms with van der Waals surface area (Å²) >= 11 is 10.6. The molecule has 18 heteroatoms. The molecule has 0 unspecified atom stereocenters. The highest BCUT2D eigenvalue weighted by atomic mass is 32.1. The quantitative estimate of drug-likeness (QED) is 0.0533. The highest BCUT2D eigenvalue weighted by Crippen LogP contribution is 2.21. The lowest BCUT2D eigenvalue weighted by molar-refractivity contribution is -0.198. The monoisotopic (exact) mass is 696 g/mol. The molecule has 2 rings (SSSR count). The molecule has 0 radical (unpaired) electrons. The Morgan fingerprint density at radius 3 is 1.20 bits per heavy atom. The van der Waals surface area contributed by atoms with Crippen molar-refractivity contribution in [2.45, 2.75) is 126 Å². The number of carbonyl (C=O) groups excluding carboxylic acids is 2. The third-order valence-corrected chi connectivity index (χ3v) is 8.34. The average molecular weight is 697 g/mol. The first kappa shape index (κ1) is 40.2. The Morgan fingerprint density at radius 1 is 0.565 bits per heavy atom. The molecule has 2 amide bonds.